The van der Waals surface area contributed by atoms with Gasteiger partial charge in [-0.2, -0.15) is 12.1 Å². The molecule has 4 aromatic heterocycles. The summed E-state index contributed by atoms with van der Waals surface area (Å²) in [6, 6.07) is 70.1. The summed E-state index contributed by atoms with van der Waals surface area (Å²) in [6.45, 7) is -1.38. The predicted molar refractivity (Wildman–Crippen MR) is 288 cm³/mol. The SMILES string of the molecule is [2H]C([2H])([2H])n1c2ccccc2c2c(-c3ccccc3)c3c4ccccc4n(C([2H])([2H])[2H])c3c(N3[CH-]N(c4[c-]c(Oc5[c-]c6c(cc5)c5ccccc5n6-c5cc(C)c(-c6ccccc6)cn5)ccc4)c4ccccc43)c21.[Pt]. The van der Waals surface area contributed by atoms with Gasteiger partial charge in [0.05, 0.1) is 16.7 Å². The zero-order chi connectivity index (χ0) is 51.6. The van der Waals surface area contributed by atoms with E-state index in [0.717, 1.165) is 71.9 Å². The van der Waals surface area contributed by atoms with Crippen LogP contribution in [-0.2, 0) is 35.0 Å². The first-order chi connectivity index (χ1) is 36.9. The fourth-order valence-corrected chi connectivity index (χ4v) is 10.8. The van der Waals surface area contributed by atoms with E-state index >= 15 is 0 Å². The van der Waals surface area contributed by atoms with Crippen molar-refractivity contribution in [1.82, 2.24) is 18.7 Å². The Balaban J connectivity index is 0.00000566. The molecule has 0 aliphatic carbocycles. The molecule has 344 valence electrons. The van der Waals surface area contributed by atoms with Crippen molar-refractivity contribution >= 4 is 88.2 Å². The minimum atomic E-state index is -2.69. The minimum Gasteiger partial charge on any atom is -0.509 e. The molecule has 0 saturated heterocycles. The third kappa shape index (κ3) is 6.50. The van der Waals surface area contributed by atoms with E-state index in [1.807, 2.05) is 180 Å². The Hall–Kier alpha value is -8.38. The molecule has 0 radical (unpaired) electrons. The number of fused-ring (bicyclic) bond motifs is 10. The molecular weight excluding hydrogens is 1050 g/mol. The molecular formula is C63H43N6OPt-3. The molecule has 0 N–H and O–H groups in total. The number of benzene rings is 9. The number of para-hydroxylation sites is 5. The van der Waals surface area contributed by atoms with Crippen LogP contribution in [0.2, 0.25) is 0 Å². The normalized spacial score (nSPS) is 14.1. The van der Waals surface area contributed by atoms with Crippen molar-refractivity contribution in [3.63, 3.8) is 0 Å². The van der Waals surface area contributed by atoms with Crippen molar-refractivity contribution in [1.29, 1.82) is 0 Å². The van der Waals surface area contributed by atoms with Crippen molar-refractivity contribution in [3.8, 4) is 39.6 Å². The Bertz CT molecular complexity index is 4380. The number of pyridine rings is 1. The van der Waals surface area contributed by atoms with Crippen LogP contribution < -0.4 is 14.5 Å². The van der Waals surface area contributed by atoms with Crippen LogP contribution in [0.5, 0.6) is 11.5 Å². The van der Waals surface area contributed by atoms with Gasteiger partial charge >= 0.3 is 0 Å². The zero-order valence-corrected chi connectivity index (χ0v) is 40.3. The molecule has 0 unspecified atom stereocenters. The molecule has 71 heavy (non-hydrogen) atoms. The molecule has 0 saturated carbocycles. The molecule has 1 aliphatic heterocycles. The van der Waals surface area contributed by atoms with Crippen LogP contribution in [0.4, 0.5) is 22.7 Å². The Morgan fingerprint density at radius 1 is 0.535 bits per heavy atom. The Morgan fingerprint density at radius 2 is 1.11 bits per heavy atom. The summed E-state index contributed by atoms with van der Waals surface area (Å²) in [7, 11) is 0. The van der Waals surface area contributed by atoms with Gasteiger partial charge in [-0.25, -0.2) is 4.98 Å². The Kier molecular flexibility index (Phi) is 8.58. The van der Waals surface area contributed by atoms with Gasteiger partial charge in [0.25, 0.3) is 0 Å². The van der Waals surface area contributed by atoms with Gasteiger partial charge in [-0.05, 0) is 65.4 Å². The van der Waals surface area contributed by atoms with Gasteiger partial charge in [0.15, 0.2) is 0 Å². The first-order valence-corrected chi connectivity index (χ1v) is 23.2. The van der Waals surface area contributed by atoms with Gasteiger partial charge in [0.1, 0.15) is 5.82 Å². The Labute approximate surface area is 433 Å². The third-order valence-electron chi connectivity index (χ3n) is 13.8. The second kappa shape index (κ2) is 16.6. The first-order valence-electron chi connectivity index (χ1n) is 26.2. The van der Waals surface area contributed by atoms with Crippen LogP contribution in [-0.4, -0.2) is 18.7 Å². The average molecular weight is 1100 g/mol. The van der Waals surface area contributed by atoms with E-state index in [0.29, 0.717) is 61.4 Å². The van der Waals surface area contributed by atoms with E-state index in [-0.39, 0.29) is 21.1 Å². The smallest absolute Gasteiger partial charge is 0.135 e. The third-order valence-corrected chi connectivity index (χ3v) is 13.8. The van der Waals surface area contributed by atoms with Gasteiger partial charge in [0.2, 0.25) is 0 Å². The largest absolute Gasteiger partial charge is 0.509 e. The fraction of sp³-hybridized carbons (Fsp3) is 0.0476. The van der Waals surface area contributed by atoms with Gasteiger partial charge in [-0.1, -0.05) is 133 Å². The molecule has 13 aromatic rings. The summed E-state index contributed by atoms with van der Waals surface area (Å²) in [5.74, 6) is 1.68. The summed E-state index contributed by atoms with van der Waals surface area (Å²) >= 11 is 0. The van der Waals surface area contributed by atoms with Crippen LogP contribution in [0.15, 0.2) is 200 Å². The van der Waals surface area contributed by atoms with Gasteiger partial charge in [-0.3, -0.25) is 0 Å². The standard InChI is InChI=1S/C63H43N6O.Pt/c1-40-35-57(64-38-50(40)41-19-6-4-7-20-41)69-53-30-15-10-25-46(53)47-34-33-45(37-56(47)69)70-44-24-18-23-43(36-44)67-39-68(55-32-17-16-31-54(55)67)63-61-59(48-26-11-13-28-51(48)65(61)2)58(42-21-8-5-9-22-42)60-49-27-12-14-29-52(49)66(3)62(60)63;/h4-35,38-39H,1-3H3;/q-3;/i2D3,3D3;. The topological polar surface area (TPSA) is 43.4 Å². The molecule has 5 heterocycles. The summed E-state index contributed by atoms with van der Waals surface area (Å²) in [6.07, 6.45) is 1.93. The van der Waals surface area contributed by atoms with Crippen LogP contribution in [0.25, 0.3) is 93.5 Å². The number of aryl methyl sites for hydroxylation is 3. The first kappa shape index (κ1) is 36.6. The number of rotatable bonds is 7. The maximum atomic E-state index is 9.21. The van der Waals surface area contributed by atoms with E-state index in [4.69, 9.17) is 9.72 Å². The predicted octanol–water partition coefficient (Wildman–Crippen LogP) is 15.9. The quantitative estimate of drug-likeness (QED) is 0.149. The zero-order valence-electron chi connectivity index (χ0n) is 44.0. The van der Waals surface area contributed by atoms with Crippen LogP contribution in [0.3, 0.4) is 0 Å². The monoisotopic (exact) mass is 1100 g/mol. The fourth-order valence-electron chi connectivity index (χ4n) is 10.8. The summed E-state index contributed by atoms with van der Waals surface area (Å²) in [4.78, 5) is 8.93. The summed E-state index contributed by atoms with van der Waals surface area (Å²) in [5, 5.41) is 4.92. The second-order valence-electron chi connectivity index (χ2n) is 17.7. The van der Waals surface area contributed by atoms with Gasteiger partial charge in [0, 0.05) is 122 Å². The van der Waals surface area contributed by atoms with E-state index < -0.39 is 14.0 Å². The van der Waals surface area contributed by atoms with Gasteiger partial charge < -0.3 is 28.2 Å². The molecule has 14 rings (SSSR count). The second-order valence-corrected chi connectivity index (χ2v) is 17.7. The van der Waals surface area contributed by atoms with Crippen LogP contribution in [0, 0.1) is 25.7 Å². The number of hydrogen-bond acceptors (Lipinski definition) is 4. The number of ether oxygens (including phenoxy) is 1. The molecule has 9 aromatic carbocycles. The number of aromatic nitrogens is 4. The minimum absolute atomic E-state index is 0. The number of nitrogens with zero attached hydrogens (tertiary/aromatic N) is 6. The molecule has 0 bridgehead atoms. The maximum Gasteiger partial charge on any atom is 0.135 e. The molecule has 0 amide bonds. The van der Waals surface area contributed by atoms with E-state index in [2.05, 4.69) is 60.0 Å². The van der Waals surface area contributed by atoms with Crippen molar-refractivity contribution in [2.45, 2.75) is 6.92 Å². The molecule has 1 aliphatic rings. The average Bonchev–Trinajstić information content (AvgIpc) is 4.38. The number of hydrogen-bond donors (Lipinski definition) is 0. The molecule has 0 atom stereocenters. The van der Waals surface area contributed by atoms with Crippen molar-refractivity contribution < 1.29 is 34.0 Å². The summed E-state index contributed by atoms with van der Waals surface area (Å²) in [5.41, 5.74) is 10.9. The van der Waals surface area contributed by atoms with Crippen LogP contribution in [0.1, 0.15) is 13.8 Å². The van der Waals surface area contributed by atoms with Crippen molar-refractivity contribution in [3.05, 3.63) is 225 Å². The molecule has 8 heteroatoms. The molecule has 0 spiro atoms. The van der Waals surface area contributed by atoms with E-state index in [9.17, 15) is 8.22 Å². The van der Waals surface area contributed by atoms with Crippen molar-refractivity contribution in [2.75, 3.05) is 9.80 Å². The van der Waals surface area contributed by atoms with Crippen molar-refractivity contribution in [2.24, 2.45) is 14.0 Å². The molecule has 0 fully saturated rings. The molecule has 7 nitrogen and oxygen atoms in total. The Morgan fingerprint density at radius 3 is 1.77 bits per heavy atom. The maximum absolute atomic E-state index is 9.21. The van der Waals surface area contributed by atoms with E-state index in [1.165, 1.54) is 9.13 Å². The summed E-state index contributed by atoms with van der Waals surface area (Å²) < 4.78 is 66.9. The van der Waals surface area contributed by atoms with Crippen LogP contribution >= 0.6 is 0 Å². The number of anilines is 4. The van der Waals surface area contributed by atoms with E-state index in [1.54, 1.807) is 0 Å². The van der Waals surface area contributed by atoms with Gasteiger partial charge in [-0.15, -0.1) is 48.1 Å².